The average molecular weight is 449 g/mol. The van der Waals surface area contributed by atoms with Crippen LogP contribution in [0, 0.1) is 5.92 Å². The number of H-pyrrole nitrogens is 1. The summed E-state index contributed by atoms with van der Waals surface area (Å²) >= 11 is 0. The van der Waals surface area contributed by atoms with Crippen LogP contribution in [-0.4, -0.2) is 40.5 Å². The van der Waals surface area contributed by atoms with Crippen molar-refractivity contribution in [2.75, 3.05) is 6.54 Å². The summed E-state index contributed by atoms with van der Waals surface area (Å²) in [6.07, 6.45) is 5.14. The van der Waals surface area contributed by atoms with Gasteiger partial charge in [-0.2, -0.15) is 0 Å². The molecule has 0 aliphatic rings. The Hall–Kier alpha value is -3.91. The normalized spacial score (nSPS) is 12.1. The molecule has 0 unspecified atom stereocenters. The third kappa shape index (κ3) is 6.54. The topological polar surface area (TPSA) is 123 Å². The molecule has 0 aliphatic heterocycles. The first-order chi connectivity index (χ1) is 15.9. The molecule has 33 heavy (non-hydrogen) atoms. The third-order valence-corrected chi connectivity index (χ3v) is 5.12. The van der Waals surface area contributed by atoms with Gasteiger partial charge in [-0.25, -0.2) is 5.48 Å². The van der Waals surface area contributed by atoms with E-state index in [2.05, 4.69) is 15.6 Å². The van der Waals surface area contributed by atoms with Gasteiger partial charge in [0.15, 0.2) is 0 Å². The van der Waals surface area contributed by atoms with Crippen LogP contribution in [0.1, 0.15) is 35.3 Å². The van der Waals surface area contributed by atoms with E-state index in [0.717, 1.165) is 16.5 Å². The van der Waals surface area contributed by atoms with Crippen LogP contribution in [-0.2, 0) is 16.0 Å². The van der Waals surface area contributed by atoms with Crippen molar-refractivity contribution in [3.63, 3.8) is 0 Å². The van der Waals surface area contributed by atoms with Gasteiger partial charge in [0.25, 0.3) is 5.91 Å². The quantitative estimate of drug-likeness (QED) is 0.196. The summed E-state index contributed by atoms with van der Waals surface area (Å²) < 4.78 is 0. The van der Waals surface area contributed by atoms with E-state index in [9.17, 15) is 14.4 Å². The molecule has 0 aliphatic carbocycles. The van der Waals surface area contributed by atoms with E-state index < -0.39 is 17.9 Å². The second-order valence-corrected chi connectivity index (χ2v) is 8.16. The monoisotopic (exact) mass is 448 g/mol. The SMILES string of the molecule is CC(C)CNC(=O)[C@H](Cc1c[nH]c2ccccc12)NC(=O)/C=C/c1ccc(C(=O)NO)cc1. The van der Waals surface area contributed by atoms with Crippen molar-refractivity contribution in [3.05, 3.63) is 77.5 Å². The molecular weight excluding hydrogens is 420 g/mol. The molecule has 0 fully saturated rings. The fraction of sp³-hybridized carbons (Fsp3) is 0.240. The van der Waals surface area contributed by atoms with Gasteiger partial charge in [-0.15, -0.1) is 0 Å². The smallest absolute Gasteiger partial charge is 0.274 e. The fourth-order valence-corrected chi connectivity index (χ4v) is 3.36. The molecule has 2 aromatic carbocycles. The van der Waals surface area contributed by atoms with Crippen LogP contribution in [0.5, 0.6) is 0 Å². The zero-order valence-corrected chi connectivity index (χ0v) is 18.6. The molecule has 1 aromatic heterocycles. The minimum absolute atomic E-state index is 0.241. The number of hydrogen-bond acceptors (Lipinski definition) is 4. The number of hydrogen-bond donors (Lipinski definition) is 5. The number of carbonyl (C=O) groups excluding carboxylic acids is 3. The summed E-state index contributed by atoms with van der Waals surface area (Å²) in [6.45, 7) is 4.53. The van der Waals surface area contributed by atoms with E-state index in [1.807, 2.05) is 44.3 Å². The number of para-hydroxylation sites is 1. The highest BCUT2D eigenvalue weighted by atomic mass is 16.5. The summed E-state index contributed by atoms with van der Waals surface area (Å²) in [4.78, 5) is 40.0. The van der Waals surface area contributed by atoms with E-state index in [4.69, 9.17) is 5.21 Å². The number of carbonyl (C=O) groups is 3. The van der Waals surface area contributed by atoms with Crippen LogP contribution < -0.4 is 16.1 Å². The Bertz CT molecular complexity index is 1150. The summed E-state index contributed by atoms with van der Waals surface area (Å²) in [6, 6.07) is 13.4. The largest absolute Gasteiger partial charge is 0.361 e. The number of rotatable bonds is 9. The Morgan fingerprint density at radius 3 is 2.48 bits per heavy atom. The van der Waals surface area contributed by atoms with Gasteiger partial charge in [0, 0.05) is 41.7 Å². The van der Waals surface area contributed by atoms with Gasteiger partial charge < -0.3 is 15.6 Å². The van der Waals surface area contributed by atoms with Crippen molar-refractivity contribution >= 4 is 34.7 Å². The van der Waals surface area contributed by atoms with Crippen LogP contribution >= 0.6 is 0 Å². The summed E-state index contributed by atoms with van der Waals surface area (Å²) in [5, 5.41) is 15.4. The third-order valence-electron chi connectivity index (χ3n) is 5.12. The minimum Gasteiger partial charge on any atom is -0.361 e. The van der Waals surface area contributed by atoms with Crippen LogP contribution in [0.25, 0.3) is 17.0 Å². The highest BCUT2D eigenvalue weighted by Gasteiger charge is 2.22. The van der Waals surface area contributed by atoms with Crippen molar-refractivity contribution in [2.24, 2.45) is 5.92 Å². The van der Waals surface area contributed by atoms with Gasteiger partial charge >= 0.3 is 0 Å². The van der Waals surface area contributed by atoms with E-state index in [1.165, 1.54) is 18.2 Å². The van der Waals surface area contributed by atoms with Crippen molar-refractivity contribution in [1.82, 2.24) is 21.1 Å². The zero-order valence-electron chi connectivity index (χ0n) is 18.6. The highest BCUT2D eigenvalue weighted by Crippen LogP contribution is 2.19. The first-order valence-electron chi connectivity index (χ1n) is 10.7. The molecule has 3 aromatic rings. The predicted molar refractivity (Wildman–Crippen MR) is 127 cm³/mol. The maximum absolute atomic E-state index is 12.8. The lowest BCUT2D eigenvalue weighted by Gasteiger charge is -2.18. The van der Waals surface area contributed by atoms with Crippen LogP contribution in [0.15, 0.2) is 60.8 Å². The molecule has 0 saturated carbocycles. The highest BCUT2D eigenvalue weighted by molar-refractivity contribution is 5.96. The van der Waals surface area contributed by atoms with Gasteiger partial charge in [-0.1, -0.05) is 44.2 Å². The standard InChI is InChI=1S/C25H28N4O4/c1-16(2)14-27-25(32)22(13-19-15-26-21-6-4-3-5-20(19)21)28-23(30)12-9-17-7-10-18(11-8-17)24(31)29-33/h3-12,15-16,22,26,33H,13-14H2,1-2H3,(H,27,32)(H,28,30)(H,29,31)/b12-9+/t22-/m0/s1. The molecule has 0 spiro atoms. The van der Waals surface area contributed by atoms with Gasteiger partial charge in [-0.05, 0) is 41.3 Å². The lowest BCUT2D eigenvalue weighted by molar-refractivity contribution is -0.127. The van der Waals surface area contributed by atoms with Gasteiger partial charge in [0.1, 0.15) is 6.04 Å². The summed E-state index contributed by atoms with van der Waals surface area (Å²) in [5.41, 5.74) is 4.46. The number of aromatic nitrogens is 1. The summed E-state index contributed by atoms with van der Waals surface area (Å²) in [7, 11) is 0. The first kappa shape index (κ1) is 23.7. The Balaban J connectivity index is 1.71. The number of aromatic amines is 1. The zero-order chi connectivity index (χ0) is 23.8. The number of fused-ring (bicyclic) bond motifs is 1. The molecule has 172 valence electrons. The molecule has 0 saturated heterocycles. The second kappa shape index (κ2) is 11.1. The molecule has 0 bridgehead atoms. The molecule has 8 nitrogen and oxygen atoms in total. The predicted octanol–water partition coefficient (Wildman–Crippen LogP) is 2.80. The molecule has 1 atom stereocenters. The molecular formula is C25H28N4O4. The van der Waals surface area contributed by atoms with E-state index in [-0.39, 0.29) is 11.8 Å². The minimum atomic E-state index is -0.740. The lowest BCUT2D eigenvalue weighted by atomic mass is 10.0. The Morgan fingerprint density at radius 2 is 1.79 bits per heavy atom. The van der Waals surface area contributed by atoms with E-state index in [1.54, 1.807) is 23.7 Å². The molecule has 1 heterocycles. The van der Waals surface area contributed by atoms with Crippen LogP contribution in [0.2, 0.25) is 0 Å². The number of benzene rings is 2. The Morgan fingerprint density at radius 1 is 1.06 bits per heavy atom. The van der Waals surface area contributed by atoms with Crippen molar-refractivity contribution in [2.45, 2.75) is 26.3 Å². The second-order valence-electron chi connectivity index (χ2n) is 8.16. The molecule has 8 heteroatoms. The summed E-state index contributed by atoms with van der Waals surface area (Å²) in [5.74, 6) is -0.975. The molecule has 3 rings (SSSR count). The number of nitrogens with one attached hydrogen (secondary N) is 4. The number of hydroxylamine groups is 1. The lowest BCUT2D eigenvalue weighted by Crippen LogP contribution is -2.48. The molecule has 3 amide bonds. The Labute approximate surface area is 192 Å². The van der Waals surface area contributed by atoms with Gasteiger partial charge in [0.05, 0.1) is 0 Å². The van der Waals surface area contributed by atoms with Crippen LogP contribution in [0.3, 0.4) is 0 Å². The number of amides is 3. The first-order valence-corrected chi connectivity index (χ1v) is 10.7. The maximum Gasteiger partial charge on any atom is 0.274 e. The van der Waals surface area contributed by atoms with Crippen molar-refractivity contribution in [1.29, 1.82) is 0 Å². The fourth-order valence-electron chi connectivity index (χ4n) is 3.36. The van der Waals surface area contributed by atoms with E-state index in [0.29, 0.717) is 24.1 Å². The van der Waals surface area contributed by atoms with Crippen molar-refractivity contribution < 1.29 is 19.6 Å². The Kier molecular flexibility index (Phi) is 7.99. The molecule has 5 N–H and O–H groups in total. The van der Waals surface area contributed by atoms with Gasteiger partial charge in [-0.3, -0.25) is 19.6 Å². The molecule has 0 radical (unpaired) electrons. The average Bonchev–Trinajstić information content (AvgIpc) is 3.23. The maximum atomic E-state index is 12.8. The van der Waals surface area contributed by atoms with Crippen molar-refractivity contribution in [3.8, 4) is 0 Å². The van der Waals surface area contributed by atoms with E-state index >= 15 is 0 Å². The van der Waals surface area contributed by atoms with Gasteiger partial charge in [0.2, 0.25) is 11.8 Å². The van der Waals surface area contributed by atoms with Crippen LogP contribution in [0.4, 0.5) is 0 Å².